The number of hydrogen-bond donors (Lipinski definition) is 1. The molecule has 1 fully saturated rings. The molecule has 1 aromatic rings. The number of nitrogens with zero attached hydrogens (tertiary/aromatic N) is 3. The molecule has 2 rings (SSSR count). The zero-order chi connectivity index (χ0) is 19.7. The summed E-state index contributed by atoms with van der Waals surface area (Å²) < 4.78 is 44.0. The van der Waals surface area contributed by atoms with Crippen molar-refractivity contribution in [2.24, 2.45) is 4.99 Å². The van der Waals surface area contributed by atoms with Crippen LogP contribution in [0.4, 0.5) is 18.9 Å². The normalized spacial score (nSPS) is 16.0. The Labute approximate surface area is 159 Å². The van der Waals surface area contributed by atoms with Crippen LogP contribution in [0.25, 0.3) is 0 Å². The van der Waals surface area contributed by atoms with Crippen molar-refractivity contribution < 1.29 is 17.9 Å². The maximum Gasteiger partial charge on any atom is 0.416 e. The van der Waals surface area contributed by atoms with E-state index in [2.05, 4.69) is 15.2 Å². The summed E-state index contributed by atoms with van der Waals surface area (Å²) in [5.74, 6) is 0.843. The SMILES string of the molecule is CCOCCCCNC(=NC)N1CCN(c2cccc(C(F)(F)F)c2)CC1. The van der Waals surface area contributed by atoms with Crippen LogP contribution in [-0.2, 0) is 10.9 Å². The highest BCUT2D eigenvalue weighted by atomic mass is 19.4. The highest BCUT2D eigenvalue weighted by Gasteiger charge is 2.31. The fraction of sp³-hybridized carbons (Fsp3) is 0.632. The lowest BCUT2D eigenvalue weighted by molar-refractivity contribution is -0.137. The summed E-state index contributed by atoms with van der Waals surface area (Å²) in [6.45, 7) is 7.08. The van der Waals surface area contributed by atoms with E-state index in [1.54, 1.807) is 13.1 Å². The van der Waals surface area contributed by atoms with Crippen LogP contribution in [0.3, 0.4) is 0 Å². The van der Waals surface area contributed by atoms with Crippen LogP contribution in [-0.4, -0.2) is 63.8 Å². The van der Waals surface area contributed by atoms with Gasteiger partial charge in [0.1, 0.15) is 0 Å². The molecule has 0 unspecified atom stereocenters. The van der Waals surface area contributed by atoms with E-state index >= 15 is 0 Å². The van der Waals surface area contributed by atoms with Crippen molar-refractivity contribution in [3.05, 3.63) is 29.8 Å². The Bertz CT molecular complexity index is 599. The zero-order valence-corrected chi connectivity index (χ0v) is 16.1. The molecule has 1 heterocycles. The van der Waals surface area contributed by atoms with Crippen LogP contribution in [0.1, 0.15) is 25.3 Å². The Kier molecular flexibility index (Phi) is 8.22. The second-order valence-corrected chi connectivity index (χ2v) is 6.40. The van der Waals surface area contributed by atoms with Crippen LogP contribution >= 0.6 is 0 Å². The molecule has 5 nitrogen and oxygen atoms in total. The van der Waals surface area contributed by atoms with Crippen molar-refractivity contribution >= 4 is 11.6 Å². The highest BCUT2D eigenvalue weighted by Crippen LogP contribution is 2.31. The number of ether oxygens (including phenoxy) is 1. The van der Waals surface area contributed by atoms with E-state index in [1.165, 1.54) is 12.1 Å². The van der Waals surface area contributed by atoms with Gasteiger partial charge in [-0.25, -0.2) is 0 Å². The summed E-state index contributed by atoms with van der Waals surface area (Å²) in [5, 5.41) is 3.35. The number of unbranched alkanes of at least 4 members (excludes halogenated alkanes) is 1. The standard InChI is InChI=1S/C19H29F3N4O/c1-3-27-14-5-4-9-24-18(23-2)26-12-10-25(11-13-26)17-8-6-7-16(15-17)19(20,21)22/h6-8,15H,3-5,9-14H2,1-2H3,(H,23,24). The number of nitrogens with one attached hydrogen (secondary N) is 1. The average molecular weight is 386 g/mol. The molecule has 152 valence electrons. The highest BCUT2D eigenvalue weighted by molar-refractivity contribution is 5.80. The van der Waals surface area contributed by atoms with Crippen LogP contribution in [0.5, 0.6) is 0 Å². The molecule has 1 saturated heterocycles. The van der Waals surface area contributed by atoms with E-state index < -0.39 is 11.7 Å². The van der Waals surface area contributed by atoms with E-state index in [-0.39, 0.29) is 0 Å². The number of rotatable bonds is 7. The second-order valence-electron chi connectivity index (χ2n) is 6.40. The second kappa shape index (κ2) is 10.4. The van der Waals surface area contributed by atoms with Gasteiger partial charge in [-0.1, -0.05) is 6.07 Å². The lowest BCUT2D eigenvalue weighted by Crippen LogP contribution is -2.52. The van der Waals surface area contributed by atoms with E-state index in [0.717, 1.165) is 57.7 Å². The monoisotopic (exact) mass is 386 g/mol. The van der Waals surface area contributed by atoms with E-state index in [4.69, 9.17) is 4.74 Å². The van der Waals surface area contributed by atoms with Gasteiger partial charge >= 0.3 is 6.18 Å². The summed E-state index contributed by atoms with van der Waals surface area (Å²) in [5.41, 5.74) is 0.00954. The first-order valence-electron chi connectivity index (χ1n) is 9.41. The number of benzene rings is 1. The Morgan fingerprint density at radius 3 is 2.56 bits per heavy atom. The van der Waals surface area contributed by atoms with Crippen LogP contribution in [0.15, 0.2) is 29.3 Å². The van der Waals surface area contributed by atoms with E-state index in [9.17, 15) is 13.2 Å². The number of anilines is 1. The molecule has 27 heavy (non-hydrogen) atoms. The fourth-order valence-electron chi connectivity index (χ4n) is 3.06. The molecule has 1 aromatic carbocycles. The topological polar surface area (TPSA) is 40.1 Å². The average Bonchev–Trinajstić information content (AvgIpc) is 2.67. The first-order valence-corrected chi connectivity index (χ1v) is 9.41. The van der Waals surface area contributed by atoms with Gasteiger partial charge in [0.15, 0.2) is 5.96 Å². The van der Waals surface area contributed by atoms with Gasteiger partial charge in [-0.05, 0) is 38.0 Å². The number of alkyl halides is 3. The van der Waals surface area contributed by atoms with Gasteiger partial charge in [-0.3, -0.25) is 4.99 Å². The van der Waals surface area contributed by atoms with E-state index in [0.29, 0.717) is 18.8 Å². The largest absolute Gasteiger partial charge is 0.416 e. The Morgan fingerprint density at radius 2 is 1.93 bits per heavy atom. The third kappa shape index (κ3) is 6.61. The predicted octanol–water partition coefficient (Wildman–Crippen LogP) is 3.22. The molecule has 0 atom stereocenters. The molecule has 0 saturated carbocycles. The summed E-state index contributed by atoms with van der Waals surface area (Å²) in [7, 11) is 1.75. The molecule has 1 N–H and O–H groups in total. The maximum absolute atomic E-state index is 12.9. The Morgan fingerprint density at radius 1 is 1.19 bits per heavy atom. The molecule has 0 spiro atoms. The molecule has 1 aliphatic heterocycles. The number of halogens is 3. The lowest BCUT2D eigenvalue weighted by Gasteiger charge is -2.37. The molecular weight excluding hydrogens is 357 g/mol. The van der Waals surface area contributed by atoms with Crippen molar-refractivity contribution in [1.29, 1.82) is 0 Å². The molecule has 0 aliphatic carbocycles. The lowest BCUT2D eigenvalue weighted by atomic mass is 10.1. The van der Waals surface area contributed by atoms with Crippen LogP contribution in [0, 0.1) is 0 Å². The molecule has 0 amide bonds. The van der Waals surface area contributed by atoms with Gasteiger partial charge in [0.25, 0.3) is 0 Å². The molecule has 1 aliphatic rings. The van der Waals surface area contributed by atoms with E-state index in [1.807, 2.05) is 11.8 Å². The number of hydrogen-bond acceptors (Lipinski definition) is 3. The minimum Gasteiger partial charge on any atom is -0.382 e. The van der Waals surface area contributed by atoms with Crippen molar-refractivity contribution in [3.8, 4) is 0 Å². The summed E-state index contributed by atoms with van der Waals surface area (Å²) in [6, 6.07) is 5.53. The molecule has 0 aromatic heterocycles. The van der Waals surface area contributed by atoms with Crippen molar-refractivity contribution in [2.45, 2.75) is 25.9 Å². The van der Waals surface area contributed by atoms with Crippen LogP contribution in [0.2, 0.25) is 0 Å². The summed E-state index contributed by atoms with van der Waals surface area (Å²) in [6.07, 6.45) is -2.31. The Hall–Kier alpha value is -1.96. The number of piperazine rings is 1. The van der Waals surface area contributed by atoms with Crippen molar-refractivity contribution in [1.82, 2.24) is 10.2 Å². The minimum atomic E-state index is -4.31. The first kappa shape index (κ1) is 21.3. The van der Waals surface area contributed by atoms with Gasteiger partial charge in [0, 0.05) is 58.7 Å². The molecule has 0 bridgehead atoms. The minimum absolute atomic E-state index is 0.605. The van der Waals surface area contributed by atoms with Gasteiger partial charge in [0.2, 0.25) is 0 Å². The number of aliphatic imine (C=N–C) groups is 1. The van der Waals surface area contributed by atoms with Gasteiger partial charge < -0.3 is 19.9 Å². The molecule has 8 heteroatoms. The fourth-order valence-corrected chi connectivity index (χ4v) is 3.06. The van der Waals surface area contributed by atoms with Crippen LogP contribution < -0.4 is 10.2 Å². The quantitative estimate of drug-likeness (QED) is 0.444. The van der Waals surface area contributed by atoms with Gasteiger partial charge in [0.05, 0.1) is 5.56 Å². The molecule has 0 radical (unpaired) electrons. The Balaban J connectivity index is 1.82. The van der Waals surface area contributed by atoms with Crippen molar-refractivity contribution in [3.63, 3.8) is 0 Å². The zero-order valence-electron chi connectivity index (χ0n) is 16.1. The van der Waals surface area contributed by atoms with Gasteiger partial charge in [-0.2, -0.15) is 13.2 Å². The first-order chi connectivity index (χ1) is 13.0. The summed E-state index contributed by atoms with van der Waals surface area (Å²) in [4.78, 5) is 8.46. The predicted molar refractivity (Wildman–Crippen MR) is 102 cm³/mol. The third-order valence-corrected chi connectivity index (χ3v) is 4.53. The third-order valence-electron chi connectivity index (χ3n) is 4.53. The molecular formula is C19H29F3N4O. The summed E-state index contributed by atoms with van der Waals surface area (Å²) >= 11 is 0. The van der Waals surface area contributed by atoms with Gasteiger partial charge in [-0.15, -0.1) is 0 Å². The maximum atomic E-state index is 12.9. The smallest absolute Gasteiger partial charge is 0.382 e. The van der Waals surface area contributed by atoms with Crippen molar-refractivity contribution in [2.75, 3.05) is 57.9 Å². The number of guanidine groups is 1.